The summed E-state index contributed by atoms with van der Waals surface area (Å²) in [4.78, 5) is 27.2. The van der Waals surface area contributed by atoms with Gasteiger partial charge >= 0.3 is 12.2 Å². The Morgan fingerprint density at radius 3 is 2.68 bits per heavy atom. The average Bonchev–Trinajstić information content (AvgIpc) is 3.71. The summed E-state index contributed by atoms with van der Waals surface area (Å²) in [7, 11) is 2.99. The van der Waals surface area contributed by atoms with Gasteiger partial charge in [-0.25, -0.2) is 13.2 Å². The number of aryl methyl sites for hydroxylation is 1. The van der Waals surface area contributed by atoms with Gasteiger partial charge in [-0.2, -0.15) is 28.2 Å². The molecule has 3 aromatic rings. The van der Waals surface area contributed by atoms with Crippen molar-refractivity contribution >= 4 is 17.4 Å². The number of nitrogens with two attached hydrogens (primary N) is 1. The number of amides is 1. The minimum Gasteiger partial charge on any atom is -0.461 e. The van der Waals surface area contributed by atoms with E-state index in [2.05, 4.69) is 26.8 Å². The van der Waals surface area contributed by atoms with Gasteiger partial charge in [0.05, 0.1) is 53.8 Å². The lowest BCUT2D eigenvalue weighted by Gasteiger charge is -2.33. The fourth-order valence-corrected chi connectivity index (χ4v) is 7.95. The third kappa shape index (κ3) is 6.56. The van der Waals surface area contributed by atoms with Crippen molar-refractivity contribution in [2.75, 3.05) is 51.0 Å². The van der Waals surface area contributed by atoms with E-state index in [9.17, 15) is 22.4 Å². The van der Waals surface area contributed by atoms with Gasteiger partial charge < -0.3 is 25.0 Å². The molecule has 0 spiro atoms. The zero-order chi connectivity index (χ0) is 37.8. The number of rotatable bonds is 6. The van der Waals surface area contributed by atoms with Gasteiger partial charge in [0.15, 0.2) is 17.3 Å². The van der Waals surface area contributed by atoms with Crippen LogP contribution in [0.5, 0.6) is 6.01 Å². The van der Waals surface area contributed by atoms with E-state index in [0.717, 1.165) is 25.5 Å². The summed E-state index contributed by atoms with van der Waals surface area (Å²) >= 11 is 0. The molecule has 4 aliphatic heterocycles. The predicted octanol–water partition coefficient (Wildman–Crippen LogP) is 5.32. The van der Waals surface area contributed by atoms with Crippen LogP contribution in [-0.2, 0) is 37.0 Å². The predicted molar refractivity (Wildman–Crippen MR) is 180 cm³/mol. The van der Waals surface area contributed by atoms with Crippen molar-refractivity contribution in [3.8, 4) is 17.9 Å². The number of nitrogens with zero attached hydrogens (tertiary/aromatic N) is 7. The molecule has 17 heteroatoms. The van der Waals surface area contributed by atoms with Gasteiger partial charge in [-0.3, -0.25) is 14.4 Å². The van der Waals surface area contributed by atoms with Crippen LogP contribution in [0.2, 0.25) is 0 Å². The van der Waals surface area contributed by atoms with Crippen LogP contribution in [0, 0.1) is 23.5 Å². The standard InChI is InChI=1S/C36H38F6N8O3/c1-4-7-21-12-23(43)29(38)27(28(21)36(40,41)42)26-13-24-22(18-52-26)32(45-34(44-24)53-19-35-8-5-10-49(35)16-20(14-35)15-37)48-9-6-11-50-25(17-48)30(39)31(46-50)33(51)47(2)3/h12,15,26H,5-6,8-11,13-14,16-19,43H2,1-3H3/b20-15+/t26?,35-/m0/s1. The number of anilines is 2. The van der Waals surface area contributed by atoms with Gasteiger partial charge in [0.25, 0.3) is 5.91 Å². The number of fused-ring (bicyclic) bond motifs is 3. The topological polar surface area (TPSA) is 115 Å². The highest BCUT2D eigenvalue weighted by molar-refractivity contribution is 5.92. The molecule has 2 aromatic heterocycles. The number of nitrogen functional groups attached to an aromatic ring is 1. The molecule has 1 unspecified atom stereocenters. The van der Waals surface area contributed by atoms with E-state index in [1.807, 2.05) is 0 Å². The van der Waals surface area contributed by atoms with Crippen molar-refractivity contribution in [3.63, 3.8) is 0 Å². The van der Waals surface area contributed by atoms with Crippen LogP contribution >= 0.6 is 0 Å². The number of benzene rings is 1. The lowest BCUT2D eigenvalue weighted by molar-refractivity contribution is -0.140. The number of halogens is 6. The normalized spacial score (nSPS) is 22.2. The lowest BCUT2D eigenvalue weighted by Crippen LogP contribution is -2.43. The molecular formula is C36H38F6N8O3. The number of carbonyl (C=O) groups excluding carboxylic acids is 1. The maximum absolute atomic E-state index is 15.8. The van der Waals surface area contributed by atoms with Crippen LogP contribution in [-0.4, -0.2) is 81.3 Å². The van der Waals surface area contributed by atoms with E-state index in [1.54, 1.807) is 4.90 Å². The van der Waals surface area contributed by atoms with Gasteiger partial charge in [-0.05, 0) is 50.8 Å². The van der Waals surface area contributed by atoms with Gasteiger partial charge in [-0.15, -0.1) is 5.92 Å². The van der Waals surface area contributed by atoms with Gasteiger partial charge in [0.2, 0.25) is 0 Å². The first-order valence-corrected chi connectivity index (χ1v) is 17.3. The van der Waals surface area contributed by atoms with E-state index >= 15 is 8.78 Å². The van der Waals surface area contributed by atoms with Gasteiger partial charge in [0, 0.05) is 56.8 Å². The number of hydrogen-bond donors (Lipinski definition) is 1. The number of alkyl halides is 3. The molecule has 282 valence electrons. The van der Waals surface area contributed by atoms with Crippen molar-refractivity contribution in [1.29, 1.82) is 0 Å². The third-order valence-electron chi connectivity index (χ3n) is 10.4. The Bertz CT molecular complexity index is 2050. The highest BCUT2D eigenvalue weighted by Crippen LogP contribution is 2.45. The SMILES string of the molecule is CC#Cc1cc(N)c(F)c(C2Cc3nc(OC[C@@]45CCCN4C/C(=C/F)C5)nc(N4CCCn5nc(C(=O)N(C)C)c(F)c5C4)c3CO2)c1C(F)(F)F. The Morgan fingerprint density at radius 1 is 1.17 bits per heavy atom. The molecule has 1 aromatic carbocycles. The van der Waals surface area contributed by atoms with Crippen LogP contribution in [0.4, 0.5) is 37.8 Å². The van der Waals surface area contributed by atoms with Gasteiger partial charge in [-0.1, -0.05) is 5.92 Å². The number of hydrogen-bond acceptors (Lipinski definition) is 9. The Labute approximate surface area is 301 Å². The maximum atomic E-state index is 15.8. The first-order chi connectivity index (χ1) is 25.2. The molecule has 2 saturated heterocycles. The van der Waals surface area contributed by atoms with Crippen LogP contribution in [0.15, 0.2) is 18.0 Å². The maximum Gasteiger partial charge on any atom is 0.418 e. The number of carbonyl (C=O) groups is 1. The quantitative estimate of drug-likeness (QED) is 0.204. The second-order valence-corrected chi connectivity index (χ2v) is 14.0. The second-order valence-electron chi connectivity index (χ2n) is 14.0. The number of ether oxygens (including phenoxy) is 2. The van der Waals surface area contributed by atoms with Crippen molar-refractivity contribution in [2.24, 2.45) is 0 Å². The summed E-state index contributed by atoms with van der Waals surface area (Å²) in [6.45, 7) is 2.99. The molecule has 0 bridgehead atoms. The molecule has 0 radical (unpaired) electrons. The molecule has 2 N–H and O–H groups in total. The third-order valence-corrected chi connectivity index (χ3v) is 10.4. The highest BCUT2D eigenvalue weighted by atomic mass is 19.4. The fraction of sp³-hybridized carbons (Fsp3) is 0.500. The Balaban J connectivity index is 1.30. The summed E-state index contributed by atoms with van der Waals surface area (Å²) < 4.78 is 103. The summed E-state index contributed by atoms with van der Waals surface area (Å²) in [6.07, 6.45) is -3.57. The molecule has 6 heterocycles. The summed E-state index contributed by atoms with van der Waals surface area (Å²) in [6, 6.07) is 0.766. The minimum absolute atomic E-state index is 0.0602. The van der Waals surface area contributed by atoms with Crippen molar-refractivity contribution in [3.05, 3.63) is 68.9 Å². The molecule has 11 nitrogen and oxygen atoms in total. The van der Waals surface area contributed by atoms with E-state index < -0.39 is 57.7 Å². The molecule has 53 heavy (non-hydrogen) atoms. The molecule has 0 aliphatic carbocycles. The first kappa shape index (κ1) is 36.5. The molecule has 4 aliphatic rings. The summed E-state index contributed by atoms with van der Waals surface area (Å²) in [5.74, 6) is 2.48. The van der Waals surface area contributed by atoms with Crippen molar-refractivity contribution < 1.29 is 40.6 Å². The molecule has 1 amide bonds. The minimum atomic E-state index is -5.00. The smallest absolute Gasteiger partial charge is 0.418 e. The van der Waals surface area contributed by atoms with Crippen LogP contribution < -0.4 is 15.4 Å². The largest absolute Gasteiger partial charge is 0.461 e. The Hall–Kier alpha value is -4.82. The monoisotopic (exact) mass is 744 g/mol. The highest BCUT2D eigenvalue weighted by Gasteiger charge is 2.48. The van der Waals surface area contributed by atoms with E-state index in [0.29, 0.717) is 49.9 Å². The molecule has 2 fully saturated rings. The zero-order valence-electron chi connectivity index (χ0n) is 29.4. The first-order valence-electron chi connectivity index (χ1n) is 17.3. The fourth-order valence-electron chi connectivity index (χ4n) is 7.95. The van der Waals surface area contributed by atoms with Crippen LogP contribution in [0.1, 0.15) is 82.8 Å². The Kier molecular flexibility index (Phi) is 9.56. The molecular weight excluding hydrogens is 706 g/mol. The van der Waals surface area contributed by atoms with Crippen LogP contribution in [0.3, 0.4) is 0 Å². The summed E-state index contributed by atoms with van der Waals surface area (Å²) in [5, 5.41) is 4.25. The number of aromatic nitrogens is 4. The molecule has 2 atom stereocenters. The zero-order valence-corrected chi connectivity index (χ0v) is 29.4. The lowest BCUT2D eigenvalue weighted by atomic mass is 9.91. The van der Waals surface area contributed by atoms with Crippen molar-refractivity contribution in [1.82, 2.24) is 29.5 Å². The van der Waals surface area contributed by atoms with E-state index in [-0.39, 0.29) is 55.1 Å². The van der Waals surface area contributed by atoms with Gasteiger partial charge in [0.1, 0.15) is 12.4 Å². The summed E-state index contributed by atoms with van der Waals surface area (Å²) in [5.41, 5.74) is 3.45. The molecule has 0 saturated carbocycles. The van der Waals surface area contributed by atoms with E-state index in [4.69, 9.17) is 20.2 Å². The van der Waals surface area contributed by atoms with E-state index in [1.165, 1.54) is 30.6 Å². The van der Waals surface area contributed by atoms with Crippen molar-refractivity contribution in [2.45, 2.75) is 76.5 Å². The average molecular weight is 745 g/mol. The second kappa shape index (κ2) is 13.9. The van der Waals surface area contributed by atoms with Crippen LogP contribution in [0.25, 0.3) is 0 Å². The Morgan fingerprint density at radius 2 is 1.96 bits per heavy atom. The molecule has 7 rings (SSSR count).